The summed E-state index contributed by atoms with van der Waals surface area (Å²) in [6.07, 6.45) is -1.70. The maximum absolute atomic E-state index is 13.0. The summed E-state index contributed by atoms with van der Waals surface area (Å²) in [4.78, 5) is 28.4. The first-order chi connectivity index (χ1) is 17.7. The van der Waals surface area contributed by atoms with Crippen LogP contribution < -0.4 is 15.1 Å². The van der Waals surface area contributed by atoms with Crippen molar-refractivity contribution < 1.29 is 27.5 Å². The molecule has 1 aromatic heterocycles. The van der Waals surface area contributed by atoms with Crippen LogP contribution >= 0.6 is 0 Å². The van der Waals surface area contributed by atoms with E-state index in [4.69, 9.17) is 4.74 Å². The molecular weight excluding hydrogens is 487 g/mol. The van der Waals surface area contributed by atoms with Crippen LogP contribution in [0.25, 0.3) is 6.08 Å². The Balaban J connectivity index is 1.39. The zero-order chi connectivity index (χ0) is 26.4. The van der Waals surface area contributed by atoms with Crippen molar-refractivity contribution in [3.05, 3.63) is 83.4 Å². The molecule has 1 N–H and O–H groups in total. The fraction of sp³-hybridized carbons (Fsp3) is 0.231. The van der Waals surface area contributed by atoms with Crippen LogP contribution in [0.1, 0.15) is 21.5 Å². The molecule has 1 saturated heterocycles. The van der Waals surface area contributed by atoms with Gasteiger partial charge in [-0.3, -0.25) is 9.59 Å². The number of ether oxygens (including phenoxy) is 1. The van der Waals surface area contributed by atoms with Crippen molar-refractivity contribution >= 4 is 35.2 Å². The van der Waals surface area contributed by atoms with Gasteiger partial charge in [-0.15, -0.1) is 10.2 Å². The van der Waals surface area contributed by atoms with Gasteiger partial charge in [0, 0.05) is 37.5 Å². The van der Waals surface area contributed by atoms with Crippen molar-refractivity contribution in [3.8, 4) is 0 Å². The number of nitrogens with zero attached hydrogens (tertiary/aromatic N) is 4. The van der Waals surface area contributed by atoms with Gasteiger partial charge in [-0.25, -0.2) is 0 Å². The number of aromatic nitrogens is 2. The molecule has 0 unspecified atom stereocenters. The Bertz CT molecular complexity index is 1290. The lowest BCUT2D eigenvalue weighted by molar-refractivity contribution is -0.137. The fourth-order valence-corrected chi connectivity index (χ4v) is 3.67. The van der Waals surface area contributed by atoms with Crippen LogP contribution in [0.5, 0.6) is 0 Å². The zero-order valence-electron chi connectivity index (χ0n) is 19.9. The van der Waals surface area contributed by atoms with Crippen LogP contribution in [-0.4, -0.2) is 55.4 Å². The van der Waals surface area contributed by atoms with E-state index in [0.717, 1.165) is 30.1 Å². The highest BCUT2D eigenvalue weighted by atomic mass is 19.4. The minimum absolute atomic E-state index is 0.112. The van der Waals surface area contributed by atoms with Crippen molar-refractivity contribution in [1.29, 1.82) is 0 Å². The molecule has 4 rings (SSSR count). The summed E-state index contributed by atoms with van der Waals surface area (Å²) in [5.74, 6) is 0.0626. The fourth-order valence-electron chi connectivity index (χ4n) is 3.67. The molecule has 11 heteroatoms. The Morgan fingerprint density at radius 2 is 1.78 bits per heavy atom. The molecule has 1 fully saturated rings. The Morgan fingerprint density at radius 1 is 1.03 bits per heavy atom. The number of alkyl halides is 3. The van der Waals surface area contributed by atoms with E-state index in [9.17, 15) is 22.8 Å². The van der Waals surface area contributed by atoms with Crippen LogP contribution in [0.3, 0.4) is 0 Å². The number of hydrogen-bond acceptors (Lipinski definition) is 6. The minimum atomic E-state index is -4.51. The number of anilines is 3. The van der Waals surface area contributed by atoms with E-state index in [1.807, 2.05) is 4.90 Å². The molecule has 37 heavy (non-hydrogen) atoms. The number of morpholine rings is 1. The average molecular weight is 512 g/mol. The van der Waals surface area contributed by atoms with Gasteiger partial charge in [-0.2, -0.15) is 13.2 Å². The number of nitrogens with one attached hydrogen (secondary N) is 1. The summed E-state index contributed by atoms with van der Waals surface area (Å²) >= 11 is 0. The minimum Gasteiger partial charge on any atom is -0.378 e. The van der Waals surface area contributed by atoms with Crippen molar-refractivity contribution in [1.82, 2.24) is 10.2 Å². The lowest BCUT2D eigenvalue weighted by Gasteiger charge is -2.27. The molecule has 1 aliphatic heterocycles. The van der Waals surface area contributed by atoms with Gasteiger partial charge < -0.3 is 19.9 Å². The maximum atomic E-state index is 13.0. The van der Waals surface area contributed by atoms with Gasteiger partial charge in [-0.05, 0) is 54.1 Å². The van der Waals surface area contributed by atoms with Gasteiger partial charge in [0.25, 0.3) is 5.91 Å². The molecule has 0 atom stereocenters. The molecule has 8 nitrogen and oxygen atoms in total. The highest BCUT2D eigenvalue weighted by Crippen LogP contribution is 2.31. The number of carbonyl (C=O) groups is 2. The third-order valence-electron chi connectivity index (χ3n) is 5.66. The maximum Gasteiger partial charge on any atom is 0.416 e. The standard InChI is InChI=1S/C26H24F3N5O3/c1-33(21-7-3-6-20(17-21)26(27,28)29)25(36)19-5-2-4-18(16-19)8-11-24(35)30-22-9-10-23(32-31-22)34-12-14-37-15-13-34/h2-11,16-17H,12-15H2,1H3,(H,30,31,35)/b11-8+. The second-order valence-electron chi connectivity index (χ2n) is 8.24. The molecule has 2 heterocycles. The predicted octanol–water partition coefficient (Wildman–Crippen LogP) is 4.26. The van der Waals surface area contributed by atoms with Crippen LogP contribution in [-0.2, 0) is 15.7 Å². The van der Waals surface area contributed by atoms with Crippen LogP contribution in [0.15, 0.2) is 66.7 Å². The first-order valence-electron chi connectivity index (χ1n) is 11.4. The largest absolute Gasteiger partial charge is 0.416 e. The van der Waals surface area contributed by atoms with Gasteiger partial charge in [0.15, 0.2) is 11.6 Å². The summed E-state index contributed by atoms with van der Waals surface area (Å²) in [6, 6.07) is 14.4. The smallest absolute Gasteiger partial charge is 0.378 e. The third kappa shape index (κ3) is 6.70. The van der Waals surface area contributed by atoms with Crippen LogP contribution in [0, 0.1) is 0 Å². The lowest BCUT2D eigenvalue weighted by atomic mass is 10.1. The quantitative estimate of drug-likeness (QED) is 0.498. The van der Waals surface area contributed by atoms with E-state index < -0.39 is 23.6 Å². The van der Waals surface area contributed by atoms with E-state index in [2.05, 4.69) is 15.5 Å². The average Bonchev–Trinajstić information content (AvgIpc) is 2.92. The predicted molar refractivity (Wildman–Crippen MR) is 133 cm³/mol. The number of rotatable bonds is 6. The van der Waals surface area contributed by atoms with Crippen molar-refractivity contribution in [2.24, 2.45) is 0 Å². The van der Waals surface area contributed by atoms with Crippen molar-refractivity contribution in [2.75, 3.05) is 48.5 Å². The zero-order valence-corrected chi connectivity index (χ0v) is 19.9. The van der Waals surface area contributed by atoms with E-state index in [-0.39, 0.29) is 11.3 Å². The Hall–Kier alpha value is -4.25. The van der Waals surface area contributed by atoms with E-state index in [1.165, 1.54) is 31.3 Å². The Kier molecular flexibility index (Phi) is 7.83. The summed E-state index contributed by atoms with van der Waals surface area (Å²) in [5.41, 5.74) is 0.0906. The third-order valence-corrected chi connectivity index (χ3v) is 5.66. The summed E-state index contributed by atoms with van der Waals surface area (Å²) in [6.45, 7) is 2.69. The molecule has 1 aliphatic rings. The molecule has 0 radical (unpaired) electrons. The SMILES string of the molecule is CN(C(=O)c1cccc(/C=C/C(=O)Nc2ccc(N3CCOCC3)nn2)c1)c1cccc(C(F)(F)F)c1. The molecule has 0 spiro atoms. The Morgan fingerprint density at radius 3 is 2.49 bits per heavy atom. The molecule has 3 aromatic rings. The monoisotopic (exact) mass is 511 g/mol. The van der Waals surface area contributed by atoms with Gasteiger partial charge in [0.2, 0.25) is 5.91 Å². The molecule has 0 aliphatic carbocycles. The molecule has 0 saturated carbocycles. The molecule has 0 bridgehead atoms. The first-order valence-corrected chi connectivity index (χ1v) is 11.4. The number of amides is 2. The van der Waals surface area contributed by atoms with Gasteiger partial charge >= 0.3 is 6.18 Å². The molecule has 192 valence electrons. The number of benzene rings is 2. The number of hydrogen-bond donors (Lipinski definition) is 1. The van der Waals surface area contributed by atoms with E-state index in [0.29, 0.717) is 30.4 Å². The molecule has 2 aromatic carbocycles. The summed E-state index contributed by atoms with van der Waals surface area (Å²) in [5, 5.41) is 10.8. The highest BCUT2D eigenvalue weighted by Gasteiger charge is 2.31. The van der Waals surface area contributed by atoms with Crippen LogP contribution in [0.2, 0.25) is 0 Å². The lowest BCUT2D eigenvalue weighted by Crippen LogP contribution is -2.36. The van der Waals surface area contributed by atoms with E-state index >= 15 is 0 Å². The molecule has 2 amide bonds. The second-order valence-corrected chi connectivity index (χ2v) is 8.24. The molecular formula is C26H24F3N5O3. The van der Waals surface area contributed by atoms with E-state index in [1.54, 1.807) is 36.4 Å². The summed E-state index contributed by atoms with van der Waals surface area (Å²) in [7, 11) is 1.40. The normalized spacial score (nSPS) is 14.0. The summed E-state index contributed by atoms with van der Waals surface area (Å²) < 4.78 is 44.4. The Labute approximate surface area is 211 Å². The van der Waals surface area contributed by atoms with Crippen molar-refractivity contribution in [2.45, 2.75) is 6.18 Å². The number of carbonyl (C=O) groups excluding carboxylic acids is 2. The van der Waals surface area contributed by atoms with Gasteiger partial charge in [0.05, 0.1) is 18.8 Å². The second kappa shape index (κ2) is 11.2. The highest BCUT2D eigenvalue weighted by molar-refractivity contribution is 6.06. The number of halogens is 3. The van der Waals surface area contributed by atoms with Crippen molar-refractivity contribution in [3.63, 3.8) is 0 Å². The van der Waals surface area contributed by atoms with Crippen LogP contribution in [0.4, 0.5) is 30.5 Å². The topological polar surface area (TPSA) is 87.7 Å². The van der Waals surface area contributed by atoms with Gasteiger partial charge in [0.1, 0.15) is 0 Å². The van der Waals surface area contributed by atoms with Gasteiger partial charge in [-0.1, -0.05) is 18.2 Å². The first kappa shape index (κ1) is 25.8.